The van der Waals surface area contributed by atoms with Gasteiger partial charge in [-0.05, 0) is 19.4 Å². The molecule has 33 heavy (non-hydrogen) atoms. The molecule has 1 unspecified atom stereocenters. The zero-order chi connectivity index (χ0) is 23.5. The number of benzene rings is 1. The predicted octanol–water partition coefficient (Wildman–Crippen LogP) is 2.41. The summed E-state index contributed by atoms with van der Waals surface area (Å²) in [6.45, 7) is 10.8. The summed E-state index contributed by atoms with van der Waals surface area (Å²) in [5.74, 6) is -0.524. The minimum absolute atomic E-state index is 0.0433. The van der Waals surface area contributed by atoms with Crippen molar-refractivity contribution >= 4 is 0 Å². The second-order valence-electron chi connectivity index (χ2n) is 7.84. The molecule has 1 heterocycles. The van der Waals surface area contributed by atoms with Crippen molar-refractivity contribution in [2.24, 2.45) is 0 Å². The average Bonchev–Trinajstić information content (AvgIpc) is 3.17. The predicted molar refractivity (Wildman–Crippen MR) is 121 cm³/mol. The van der Waals surface area contributed by atoms with E-state index >= 15 is 0 Å². The Bertz CT molecular complexity index is 570. The van der Waals surface area contributed by atoms with Crippen molar-refractivity contribution in [3.05, 3.63) is 35.9 Å². The molecule has 1 aliphatic rings. The van der Waals surface area contributed by atoms with Crippen molar-refractivity contribution in [2.45, 2.75) is 32.3 Å². The van der Waals surface area contributed by atoms with Crippen LogP contribution in [0, 0.1) is 0 Å². The summed E-state index contributed by atoms with van der Waals surface area (Å²) in [4.78, 5) is 0. The molecule has 0 aliphatic carbocycles. The van der Waals surface area contributed by atoms with Crippen LogP contribution < -0.4 is 0 Å². The van der Waals surface area contributed by atoms with E-state index in [1.807, 2.05) is 44.2 Å². The van der Waals surface area contributed by atoms with Gasteiger partial charge in [0.05, 0.1) is 85.9 Å². The molecule has 9 nitrogen and oxygen atoms in total. The lowest BCUT2D eigenvalue weighted by atomic mass is 10.2. The fraction of sp³-hybridized carbons (Fsp3) is 0.750. The number of rotatable bonds is 21. The van der Waals surface area contributed by atoms with E-state index in [9.17, 15) is 0 Å². The van der Waals surface area contributed by atoms with Crippen LogP contribution in [0.1, 0.15) is 19.4 Å². The van der Waals surface area contributed by atoms with E-state index in [0.717, 1.165) is 5.56 Å². The van der Waals surface area contributed by atoms with Crippen LogP contribution in [0.3, 0.4) is 0 Å². The molecule has 1 aromatic rings. The summed E-state index contributed by atoms with van der Waals surface area (Å²) in [5.41, 5.74) is 1.16. The fourth-order valence-electron chi connectivity index (χ4n) is 2.90. The second kappa shape index (κ2) is 18.2. The van der Waals surface area contributed by atoms with Crippen LogP contribution >= 0.6 is 0 Å². The maximum Gasteiger partial charge on any atom is 0.163 e. The maximum atomic E-state index is 5.64. The molecule has 0 aromatic heterocycles. The Morgan fingerprint density at radius 1 is 0.697 bits per heavy atom. The summed E-state index contributed by atoms with van der Waals surface area (Å²) in [5, 5.41) is 0. The van der Waals surface area contributed by atoms with Crippen molar-refractivity contribution < 1.29 is 42.6 Å². The third-order valence-electron chi connectivity index (χ3n) is 4.51. The zero-order valence-electron chi connectivity index (χ0n) is 20.0. The average molecular weight is 473 g/mol. The van der Waals surface area contributed by atoms with Crippen molar-refractivity contribution in [3.63, 3.8) is 0 Å². The summed E-state index contributed by atoms with van der Waals surface area (Å²) >= 11 is 0. The van der Waals surface area contributed by atoms with Crippen LogP contribution in [0.15, 0.2) is 30.3 Å². The van der Waals surface area contributed by atoms with E-state index in [1.165, 1.54) is 0 Å². The smallest absolute Gasteiger partial charge is 0.163 e. The molecule has 0 spiro atoms. The third kappa shape index (κ3) is 15.4. The zero-order valence-corrected chi connectivity index (χ0v) is 20.0. The van der Waals surface area contributed by atoms with Gasteiger partial charge < -0.3 is 42.6 Å². The minimum Gasteiger partial charge on any atom is -0.377 e. The second-order valence-corrected chi connectivity index (χ2v) is 7.84. The van der Waals surface area contributed by atoms with Crippen LogP contribution in [0.2, 0.25) is 0 Å². The number of ether oxygens (including phenoxy) is 9. The minimum atomic E-state index is -0.524. The van der Waals surface area contributed by atoms with Crippen LogP contribution in [0.5, 0.6) is 0 Å². The van der Waals surface area contributed by atoms with Gasteiger partial charge in [-0.1, -0.05) is 30.3 Å². The molecule has 1 saturated heterocycles. The van der Waals surface area contributed by atoms with E-state index < -0.39 is 5.79 Å². The topological polar surface area (TPSA) is 83.1 Å². The van der Waals surface area contributed by atoms with E-state index in [2.05, 4.69) is 0 Å². The van der Waals surface area contributed by atoms with Gasteiger partial charge in [-0.15, -0.1) is 0 Å². The van der Waals surface area contributed by atoms with Crippen LogP contribution in [-0.4, -0.2) is 98.0 Å². The Morgan fingerprint density at radius 3 is 1.73 bits per heavy atom. The van der Waals surface area contributed by atoms with Gasteiger partial charge >= 0.3 is 0 Å². The van der Waals surface area contributed by atoms with Crippen molar-refractivity contribution in [3.8, 4) is 0 Å². The molecule has 0 amide bonds. The molecule has 2 rings (SSSR count). The van der Waals surface area contributed by atoms with Gasteiger partial charge in [-0.25, -0.2) is 0 Å². The Morgan fingerprint density at radius 2 is 1.21 bits per heavy atom. The standard InChI is InChI=1S/C24H40O9/c1-24(2)32-20-23(33-24)19-31-21-30-17-15-28-13-11-26-9-8-25-10-12-27-14-16-29-18-22-6-4-3-5-7-22/h3-7,23H,8-21H2,1-2H3. The van der Waals surface area contributed by atoms with Gasteiger partial charge in [-0.2, -0.15) is 0 Å². The van der Waals surface area contributed by atoms with Crippen LogP contribution in [0.4, 0.5) is 0 Å². The molecule has 1 aromatic carbocycles. The van der Waals surface area contributed by atoms with Gasteiger partial charge in [-0.3, -0.25) is 0 Å². The molecule has 1 aliphatic heterocycles. The lowest BCUT2D eigenvalue weighted by Gasteiger charge is -2.17. The largest absolute Gasteiger partial charge is 0.377 e. The van der Waals surface area contributed by atoms with Crippen molar-refractivity contribution in [1.82, 2.24) is 0 Å². The molecular weight excluding hydrogens is 432 g/mol. The first-order chi connectivity index (χ1) is 16.2. The highest BCUT2D eigenvalue weighted by atomic mass is 16.8. The van der Waals surface area contributed by atoms with E-state index in [0.29, 0.717) is 85.9 Å². The molecule has 0 bridgehead atoms. The third-order valence-corrected chi connectivity index (χ3v) is 4.51. The maximum absolute atomic E-state index is 5.64. The molecule has 0 N–H and O–H groups in total. The normalized spacial score (nSPS) is 17.6. The van der Waals surface area contributed by atoms with Gasteiger partial charge in [0.1, 0.15) is 12.9 Å². The number of hydrogen-bond acceptors (Lipinski definition) is 9. The van der Waals surface area contributed by atoms with Crippen LogP contribution in [-0.2, 0) is 49.2 Å². The van der Waals surface area contributed by atoms with Gasteiger partial charge in [0, 0.05) is 0 Å². The van der Waals surface area contributed by atoms with Gasteiger partial charge in [0.15, 0.2) is 5.79 Å². The van der Waals surface area contributed by atoms with E-state index in [4.69, 9.17) is 42.6 Å². The van der Waals surface area contributed by atoms with Gasteiger partial charge in [0.25, 0.3) is 0 Å². The van der Waals surface area contributed by atoms with Crippen LogP contribution in [0.25, 0.3) is 0 Å². The first kappa shape index (κ1) is 28.1. The molecule has 9 heteroatoms. The lowest BCUT2D eigenvalue weighted by molar-refractivity contribution is -0.153. The highest BCUT2D eigenvalue weighted by Crippen LogP contribution is 2.22. The molecule has 190 valence electrons. The Labute approximate surface area is 197 Å². The quantitative estimate of drug-likeness (QED) is 0.198. The van der Waals surface area contributed by atoms with E-state index in [-0.39, 0.29) is 12.9 Å². The Kier molecular flexibility index (Phi) is 15.5. The monoisotopic (exact) mass is 472 g/mol. The molecular formula is C24H40O9. The molecule has 1 atom stereocenters. The number of hydrogen-bond donors (Lipinski definition) is 0. The first-order valence-corrected chi connectivity index (χ1v) is 11.6. The van der Waals surface area contributed by atoms with Crippen molar-refractivity contribution in [2.75, 3.05) is 86.1 Å². The summed E-state index contributed by atoms with van der Waals surface area (Å²) in [6, 6.07) is 10.1. The summed E-state index contributed by atoms with van der Waals surface area (Å²) in [7, 11) is 0. The molecule has 1 fully saturated rings. The Balaban J connectivity index is 1.20. The lowest BCUT2D eigenvalue weighted by Crippen LogP contribution is -2.24. The summed E-state index contributed by atoms with van der Waals surface area (Å²) < 4.78 is 49.2. The van der Waals surface area contributed by atoms with E-state index in [1.54, 1.807) is 0 Å². The Hall–Kier alpha value is -1.14. The van der Waals surface area contributed by atoms with Crippen molar-refractivity contribution in [1.29, 1.82) is 0 Å². The van der Waals surface area contributed by atoms with Gasteiger partial charge in [0.2, 0.25) is 0 Å². The highest BCUT2D eigenvalue weighted by Gasteiger charge is 2.32. The molecule has 0 saturated carbocycles. The SMILES string of the molecule is CC1(C)OCC(COCOCCOCCOCCOCCOCCOCc2ccccc2)O1. The summed E-state index contributed by atoms with van der Waals surface area (Å²) in [6.07, 6.45) is -0.0433. The first-order valence-electron chi connectivity index (χ1n) is 11.6. The fourth-order valence-corrected chi connectivity index (χ4v) is 2.90. The molecule has 0 radical (unpaired) electrons. The highest BCUT2D eigenvalue weighted by molar-refractivity contribution is 5.13.